The third kappa shape index (κ3) is 6.01. The maximum absolute atomic E-state index is 10.2. The van der Waals surface area contributed by atoms with Crippen LogP contribution in [0.1, 0.15) is 31.1 Å². The van der Waals surface area contributed by atoms with Gasteiger partial charge in [0.05, 0.1) is 5.02 Å². The third-order valence-electron chi connectivity index (χ3n) is 1.09. The SMILES string of the molecule is CC(C)C.O=Cc1ccc(Cl)cc1Cl. The van der Waals surface area contributed by atoms with E-state index in [1.807, 2.05) is 0 Å². The zero-order chi connectivity index (χ0) is 11.1. The van der Waals surface area contributed by atoms with Gasteiger partial charge >= 0.3 is 0 Å². The van der Waals surface area contributed by atoms with Gasteiger partial charge in [-0.1, -0.05) is 44.0 Å². The number of hydrogen-bond acceptors (Lipinski definition) is 1. The molecule has 3 heteroatoms. The summed E-state index contributed by atoms with van der Waals surface area (Å²) in [6.45, 7) is 6.50. The minimum absolute atomic E-state index is 0.391. The highest BCUT2D eigenvalue weighted by Gasteiger charge is 1.97. The Hall–Kier alpha value is -0.530. The first kappa shape index (κ1) is 13.5. The Morgan fingerprint density at radius 3 is 2.07 bits per heavy atom. The van der Waals surface area contributed by atoms with Gasteiger partial charge in [0.15, 0.2) is 6.29 Å². The van der Waals surface area contributed by atoms with Gasteiger partial charge in [0.1, 0.15) is 0 Å². The maximum atomic E-state index is 10.2. The van der Waals surface area contributed by atoms with Crippen molar-refractivity contribution in [1.29, 1.82) is 0 Å². The zero-order valence-electron chi connectivity index (χ0n) is 8.55. The molecule has 0 aliphatic rings. The van der Waals surface area contributed by atoms with E-state index in [2.05, 4.69) is 20.8 Å². The molecular formula is C11H14Cl2O. The molecule has 1 aromatic rings. The molecular weight excluding hydrogens is 219 g/mol. The second-order valence-electron chi connectivity index (χ2n) is 3.52. The number of carbonyl (C=O) groups excluding carboxylic acids is 1. The van der Waals surface area contributed by atoms with E-state index in [-0.39, 0.29) is 0 Å². The number of carbonyl (C=O) groups is 1. The average Bonchev–Trinajstić information content (AvgIpc) is 2.03. The first-order valence-electron chi connectivity index (χ1n) is 4.37. The van der Waals surface area contributed by atoms with Crippen LogP contribution in [-0.4, -0.2) is 6.29 Å². The van der Waals surface area contributed by atoms with Gasteiger partial charge in [-0.25, -0.2) is 0 Å². The van der Waals surface area contributed by atoms with Crippen LogP contribution in [0.25, 0.3) is 0 Å². The average molecular weight is 233 g/mol. The minimum Gasteiger partial charge on any atom is -0.298 e. The van der Waals surface area contributed by atoms with Crippen LogP contribution in [0.3, 0.4) is 0 Å². The molecule has 0 heterocycles. The molecule has 0 atom stereocenters. The van der Waals surface area contributed by atoms with E-state index in [1.165, 1.54) is 6.07 Å². The van der Waals surface area contributed by atoms with Crippen molar-refractivity contribution in [2.45, 2.75) is 20.8 Å². The lowest BCUT2D eigenvalue weighted by Crippen LogP contribution is -1.79. The van der Waals surface area contributed by atoms with E-state index in [4.69, 9.17) is 23.2 Å². The van der Waals surface area contributed by atoms with Gasteiger partial charge in [-0.3, -0.25) is 4.79 Å². The lowest BCUT2D eigenvalue weighted by atomic mass is 10.2. The number of halogens is 2. The first-order valence-corrected chi connectivity index (χ1v) is 5.13. The van der Waals surface area contributed by atoms with Gasteiger partial charge in [0.25, 0.3) is 0 Å². The molecule has 0 bridgehead atoms. The lowest BCUT2D eigenvalue weighted by molar-refractivity contribution is 0.112. The topological polar surface area (TPSA) is 17.1 Å². The normalized spacial score (nSPS) is 9.29. The second-order valence-corrected chi connectivity index (χ2v) is 4.36. The highest BCUT2D eigenvalue weighted by Crippen LogP contribution is 2.18. The predicted molar refractivity (Wildman–Crippen MR) is 62.4 cm³/mol. The van der Waals surface area contributed by atoms with Crippen LogP contribution in [0, 0.1) is 5.92 Å². The standard InChI is InChI=1S/C7H4Cl2O.C4H10/c8-6-2-1-5(4-10)7(9)3-6;1-4(2)3/h1-4H;4H,1-3H3. The van der Waals surface area contributed by atoms with Crippen LogP contribution in [0.5, 0.6) is 0 Å². The number of hydrogen-bond donors (Lipinski definition) is 0. The Bertz CT molecular complexity index is 293. The lowest BCUT2D eigenvalue weighted by Gasteiger charge is -1.93. The summed E-state index contributed by atoms with van der Waals surface area (Å²) >= 11 is 11.2. The highest BCUT2D eigenvalue weighted by atomic mass is 35.5. The van der Waals surface area contributed by atoms with Crippen LogP contribution in [-0.2, 0) is 0 Å². The summed E-state index contributed by atoms with van der Waals surface area (Å²) in [5, 5.41) is 0.929. The molecule has 0 saturated carbocycles. The number of rotatable bonds is 1. The van der Waals surface area contributed by atoms with Crippen LogP contribution in [0.2, 0.25) is 10.0 Å². The molecule has 0 N–H and O–H groups in total. The van der Waals surface area contributed by atoms with E-state index in [0.717, 1.165) is 5.92 Å². The van der Waals surface area contributed by atoms with Gasteiger partial charge in [-0.15, -0.1) is 0 Å². The van der Waals surface area contributed by atoms with E-state index in [1.54, 1.807) is 12.1 Å². The van der Waals surface area contributed by atoms with Crippen molar-refractivity contribution < 1.29 is 4.79 Å². The van der Waals surface area contributed by atoms with Crippen molar-refractivity contribution in [3.63, 3.8) is 0 Å². The van der Waals surface area contributed by atoms with Crippen molar-refractivity contribution >= 4 is 29.5 Å². The molecule has 78 valence electrons. The quantitative estimate of drug-likeness (QED) is 0.654. The largest absolute Gasteiger partial charge is 0.298 e. The van der Waals surface area contributed by atoms with E-state index < -0.39 is 0 Å². The Balaban J connectivity index is 0.000000364. The van der Waals surface area contributed by atoms with Crippen molar-refractivity contribution in [3.8, 4) is 0 Å². The van der Waals surface area contributed by atoms with Crippen molar-refractivity contribution in [2.75, 3.05) is 0 Å². The summed E-state index contributed by atoms with van der Waals surface area (Å²) in [6, 6.07) is 4.74. The number of benzene rings is 1. The van der Waals surface area contributed by atoms with E-state index in [9.17, 15) is 4.79 Å². The van der Waals surface area contributed by atoms with Crippen LogP contribution < -0.4 is 0 Å². The maximum Gasteiger partial charge on any atom is 0.151 e. The monoisotopic (exact) mass is 232 g/mol. The summed E-state index contributed by atoms with van der Waals surface area (Å²) in [7, 11) is 0. The molecule has 14 heavy (non-hydrogen) atoms. The second kappa shape index (κ2) is 6.86. The van der Waals surface area contributed by atoms with E-state index >= 15 is 0 Å². The van der Waals surface area contributed by atoms with Gasteiger partial charge in [-0.2, -0.15) is 0 Å². The number of aldehydes is 1. The molecule has 0 fully saturated rings. The molecule has 0 aliphatic carbocycles. The molecule has 0 aromatic heterocycles. The third-order valence-corrected chi connectivity index (χ3v) is 1.65. The molecule has 1 aromatic carbocycles. The van der Waals surface area contributed by atoms with Crippen LogP contribution in [0.4, 0.5) is 0 Å². The van der Waals surface area contributed by atoms with Gasteiger partial charge in [-0.05, 0) is 24.1 Å². The predicted octanol–water partition coefficient (Wildman–Crippen LogP) is 4.47. The van der Waals surface area contributed by atoms with Crippen LogP contribution in [0.15, 0.2) is 18.2 Å². The molecule has 0 radical (unpaired) electrons. The van der Waals surface area contributed by atoms with Gasteiger partial charge in [0.2, 0.25) is 0 Å². The molecule has 1 rings (SSSR count). The molecule has 0 aliphatic heterocycles. The van der Waals surface area contributed by atoms with Gasteiger partial charge < -0.3 is 0 Å². The smallest absolute Gasteiger partial charge is 0.151 e. The molecule has 0 unspecified atom stereocenters. The molecule has 0 saturated heterocycles. The summed E-state index contributed by atoms with van der Waals surface area (Å²) in [5.41, 5.74) is 0.464. The Morgan fingerprint density at radius 1 is 1.21 bits per heavy atom. The zero-order valence-corrected chi connectivity index (χ0v) is 10.1. The first-order chi connectivity index (χ1) is 6.47. The summed E-state index contributed by atoms with van der Waals surface area (Å²) < 4.78 is 0. The van der Waals surface area contributed by atoms with E-state index in [0.29, 0.717) is 21.9 Å². The molecule has 0 amide bonds. The minimum atomic E-state index is 0.391. The fourth-order valence-electron chi connectivity index (χ4n) is 0.597. The van der Waals surface area contributed by atoms with Crippen molar-refractivity contribution in [1.82, 2.24) is 0 Å². The van der Waals surface area contributed by atoms with Crippen molar-refractivity contribution in [3.05, 3.63) is 33.8 Å². The molecule has 0 spiro atoms. The Morgan fingerprint density at radius 2 is 1.71 bits per heavy atom. The summed E-state index contributed by atoms with van der Waals surface area (Å²) in [4.78, 5) is 10.2. The van der Waals surface area contributed by atoms with Gasteiger partial charge in [0, 0.05) is 10.6 Å². The molecule has 1 nitrogen and oxygen atoms in total. The fraction of sp³-hybridized carbons (Fsp3) is 0.364. The summed E-state index contributed by atoms with van der Waals surface area (Å²) in [6.07, 6.45) is 0.693. The Kier molecular flexibility index (Phi) is 6.60. The van der Waals surface area contributed by atoms with Crippen molar-refractivity contribution in [2.24, 2.45) is 5.92 Å². The van der Waals surface area contributed by atoms with Crippen LogP contribution >= 0.6 is 23.2 Å². The fourth-order valence-corrected chi connectivity index (χ4v) is 1.05. The summed E-state index contributed by atoms with van der Waals surface area (Å²) in [5.74, 6) is 0.833. The Labute approximate surface area is 95.0 Å². The highest BCUT2D eigenvalue weighted by molar-refractivity contribution is 6.36.